The quantitative estimate of drug-likeness (QED) is 0.832. The standard InChI is InChI=1S/C14H25N3S/c1-12(11-17-6-3-2-4-7-17)9-16-10-14-13(15)5-8-18-14/h5,8,12,16H,2-4,6-7,9-11,15H2,1H3. The molecule has 1 aromatic rings. The Morgan fingerprint density at radius 2 is 2.17 bits per heavy atom. The van der Waals surface area contributed by atoms with Crippen molar-refractivity contribution in [1.82, 2.24) is 10.2 Å². The minimum absolute atomic E-state index is 0.712. The third-order valence-electron chi connectivity index (χ3n) is 3.58. The first kappa shape index (κ1) is 13.8. The van der Waals surface area contributed by atoms with E-state index in [0.29, 0.717) is 5.92 Å². The fourth-order valence-corrected chi connectivity index (χ4v) is 3.34. The Morgan fingerprint density at radius 3 is 2.83 bits per heavy atom. The van der Waals surface area contributed by atoms with Gasteiger partial charge in [-0.05, 0) is 49.8 Å². The normalized spacial score (nSPS) is 18.9. The fourth-order valence-electron chi connectivity index (χ4n) is 2.57. The zero-order valence-electron chi connectivity index (χ0n) is 11.3. The molecule has 1 aliphatic heterocycles. The lowest BCUT2D eigenvalue weighted by Gasteiger charge is -2.29. The van der Waals surface area contributed by atoms with E-state index in [1.807, 2.05) is 6.07 Å². The largest absolute Gasteiger partial charge is 0.398 e. The van der Waals surface area contributed by atoms with Crippen LogP contribution in [0.5, 0.6) is 0 Å². The first-order valence-electron chi connectivity index (χ1n) is 7.00. The number of nitrogens with zero attached hydrogens (tertiary/aromatic N) is 1. The molecule has 18 heavy (non-hydrogen) atoms. The van der Waals surface area contributed by atoms with Gasteiger partial charge in [0.05, 0.1) is 0 Å². The molecular formula is C14H25N3S. The number of nitrogen functional groups attached to an aromatic ring is 1. The van der Waals surface area contributed by atoms with Gasteiger partial charge in [-0.15, -0.1) is 11.3 Å². The molecular weight excluding hydrogens is 242 g/mol. The topological polar surface area (TPSA) is 41.3 Å². The summed E-state index contributed by atoms with van der Waals surface area (Å²) in [5.41, 5.74) is 6.80. The van der Waals surface area contributed by atoms with Crippen molar-refractivity contribution in [1.29, 1.82) is 0 Å². The molecule has 0 bridgehead atoms. The fraction of sp³-hybridized carbons (Fsp3) is 0.714. The molecule has 0 amide bonds. The zero-order valence-corrected chi connectivity index (χ0v) is 12.1. The highest BCUT2D eigenvalue weighted by Gasteiger charge is 2.13. The lowest BCUT2D eigenvalue weighted by atomic mass is 10.1. The van der Waals surface area contributed by atoms with Crippen LogP contribution in [0, 0.1) is 5.92 Å². The second kappa shape index (κ2) is 7.12. The van der Waals surface area contributed by atoms with E-state index in [4.69, 9.17) is 5.73 Å². The van der Waals surface area contributed by atoms with Crippen LogP contribution in [0.15, 0.2) is 11.4 Å². The average Bonchev–Trinajstić information content (AvgIpc) is 2.76. The maximum absolute atomic E-state index is 5.87. The van der Waals surface area contributed by atoms with E-state index >= 15 is 0 Å². The van der Waals surface area contributed by atoms with Crippen molar-refractivity contribution in [2.45, 2.75) is 32.7 Å². The van der Waals surface area contributed by atoms with Gasteiger partial charge in [-0.1, -0.05) is 13.3 Å². The van der Waals surface area contributed by atoms with Gasteiger partial charge in [0.15, 0.2) is 0 Å². The summed E-state index contributed by atoms with van der Waals surface area (Å²) in [6.07, 6.45) is 4.18. The summed E-state index contributed by atoms with van der Waals surface area (Å²) in [5.74, 6) is 0.712. The number of hydrogen-bond acceptors (Lipinski definition) is 4. The molecule has 1 saturated heterocycles. The van der Waals surface area contributed by atoms with Crippen LogP contribution in [0.4, 0.5) is 5.69 Å². The monoisotopic (exact) mass is 267 g/mol. The molecule has 2 rings (SSSR count). The molecule has 1 fully saturated rings. The molecule has 2 heterocycles. The summed E-state index contributed by atoms with van der Waals surface area (Å²) in [6, 6.07) is 1.98. The lowest BCUT2D eigenvalue weighted by Crippen LogP contribution is -2.36. The highest BCUT2D eigenvalue weighted by Crippen LogP contribution is 2.18. The van der Waals surface area contributed by atoms with Crippen molar-refractivity contribution >= 4 is 17.0 Å². The smallest absolute Gasteiger partial charge is 0.0468 e. The SMILES string of the molecule is CC(CNCc1sccc1N)CN1CCCCC1. The van der Waals surface area contributed by atoms with Gasteiger partial charge in [-0.2, -0.15) is 0 Å². The number of nitrogens with one attached hydrogen (secondary N) is 1. The molecule has 1 aliphatic rings. The summed E-state index contributed by atoms with van der Waals surface area (Å²) in [4.78, 5) is 3.87. The van der Waals surface area contributed by atoms with Crippen LogP contribution in [0.1, 0.15) is 31.1 Å². The van der Waals surface area contributed by atoms with E-state index in [2.05, 4.69) is 22.5 Å². The van der Waals surface area contributed by atoms with Crippen LogP contribution in [0.2, 0.25) is 0 Å². The second-order valence-corrected chi connectivity index (χ2v) is 6.40. The van der Waals surface area contributed by atoms with Crippen molar-refractivity contribution < 1.29 is 0 Å². The van der Waals surface area contributed by atoms with E-state index < -0.39 is 0 Å². The molecule has 4 heteroatoms. The second-order valence-electron chi connectivity index (χ2n) is 5.40. The van der Waals surface area contributed by atoms with Crippen LogP contribution >= 0.6 is 11.3 Å². The molecule has 3 N–H and O–H groups in total. The summed E-state index contributed by atoms with van der Waals surface area (Å²) >= 11 is 1.74. The molecule has 0 spiro atoms. The Labute approximate surface area is 114 Å². The van der Waals surface area contributed by atoms with Gasteiger partial charge >= 0.3 is 0 Å². The molecule has 0 aromatic carbocycles. The van der Waals surface area contributed by atoms with Gasteiger partial charge in [-0.25, -0.2) is 0 Å². The summed E-state index contributed by atoms with van der Waals surface area (Å²) < 4.78 is 0. The van der Waals surface area contributed by atoms with Crippen LogP contribution < -0.4 is 11.1 Å². The maximum atomic E-state index is 5.87. The van der Waals surface area contributed by atoms with Gasteiger partial charge < -0.3 is 16.0 Å². The highest BCUT2D eigenvalue weighted by molar-refractivity contribution is 7.10. The van der Waals surface area contributed by atoms with Gasteiger partial charge in [0.1, 0.15) is 0 Å². The third kappa shape index (κ3) is 4.26. The number of anilines is 1. The van der Waals surface area contributed by atoms with Crippen LogP contribution in [-0.4, -0.2) is 31.1 Å². The van der Waals surface area contributed by atoms with Crippen molar-refractivity contribution in [3.05, 3.63) is 16.3 Å². The molecule has 1 aromatic heterocycles. The van der Waals surface area contributed by atoms with Crippen molar-refractivity contribution in [2.75, 3.05) is 31.9 Å². The lowest BCUT2D eigenvalue weighted by molar-refractivity contribution is 0.199. The van der Waals surface area contributed by atoms with Crippen LogP contribution in [0.3, 0.4) is 0 Å². The number of rotatable bonds is 6. The molecule has 1 atom stereocenters. The van der Waals surface area contributed by atoms with Crippen molar-refractivity contribution in [3.63, 3.8) is 0 Å². The summed E-state index contributed by atoms with van der Waals surface area (Å²) in [5, 5.41) is 5.58. The van der Waals surface area contributed by atoms with Crippen molar-refractivity contribution in [2.24, 2.45) is 5.92 Å². The number of nitrogens with two attached hydrogens (primary N) is 1. The predicted octanol–water partition coefficient (Wildman–Crippen LogP) is 2.54. The Balaban J connectivity index is 1.62. The number of likely N-dealkylation sites (tertiary alicyclic amines) is 1. The Kier molecular flexibility index (Phi) is 5.47. The highest BCUT2D eigenvalue weighted by atomic mass is 32.1. The molecule has 0 saturated carbocycles. The van der Waals surface area contributed by atoms with Gasteiger partial charge in [0.25, 0.3) is 0 Å². The first-order valence-corrected chi connectivity index (χ1v) is 7.88. The molecule has 3 nitrogen and oxygen atoms in total. The number of thiophene rings is 1. The van der Waals surface area contributed by atoms with Gasteiger partial charge in [0.2, 0.25) is 0 Å². The maximum Gasteiger partial charge on any atom is 0.0468 e. The minimum atomic E-state index is 0.712. The first-order chi connectivity index (χ1) is 8.75. The molecule has 1 unspecified atom stereocenters. The van der Waals surface area contributed by atoms with E-state index in [0.717, 1.165) is 18.8 Å². The average molecular weight is 267 g/mol. The Bertz CT molecular complexity index is 345. The van der Waals surface area contributed by atoms with Gasteiger partial charge in [-0.3, -0.25) is 0 Å². The zero-order chi connectivity index (χ0) is 12.8. The van der Waals surface area contributed by atoms with Crippen LogP contribution in [0.25, 0.3) is 0 Å². The Hall–Kier alpha value is -0.580. The van der Waals surface area contributed by atoms with Gasteiger partial charge in [0, 0.05) is 23.7 Å². The summed E-state index contributed by atoms with van der Waals surface area (Å²) in [7, 11) is 0. The molecule has 0 aliphatic carbocycles. The molecule has 0 radical (unpaired) electrons. The number of piperidine rings is 1. The predicted molar refractivity (Wildman–Crippen MR) is 79.9 cm³/mol. The van der Waals surface area contributed by atoms with E-state index in [1.54, 1.807) is 11.3 Å². The molecule has 102 valence electrons. The van der Waals surface area contributed by atoms with E-state index in [-0.39, 0.29) is 0 Å². The minimum Gasteiger partial charge on any atom is -0.398 e. The Morgan fingerprint density at radius 1 is 1.39 bits per heavy atom. The van der Waals surface area contributed by atoms with Crippen LogP contribution in [-0.2, 0) is 6.54 Å². The van der Waals surface area contributed by atoms with E-state index in [1.165, 1.54) is 43.8 Å². The summed E-state index contributed by atoms with van der Waals surface area (Å²) in [6.45, 7) is 8.14. The van der Waals surface area contributed by atoms with Crippen molar-refractivity contribution in [3.8, 4) is 0 Å². The number of hydrogen-bond donors (Lipinski definition) is 2. The van der Waals surface area contributed by atoms with E-state index in [9.17, 15) is 0 Å². The third-order valence-corrected chi connectivity index (χ3v) is 4.51.